The molecule has 0 bridgehead atoms. The minimum absolute atomic E-state index is 0.00136. The Morgan fingerprint density at radius 2 is 0.500 bits per heavy atom. The van der Waals surface area contributed by atoms with Crippen molar-refractivity contribution >= 4 is 94.9 Å². The molecule has 0 spiro atoms. The van der Waals surface area contributed by atoms with Crippen LogP contribution in [-0.2, 0) is 105 Å². The van der Waals surface area contributed by atoms with Crippen LogP contribution in [0, 0.1) is 0 Å². The Hall–Kier alpha value is -8.76. The lowest BCUT2D eigenvalue weighted by Gasteiger charge is -2.17. The van der Waals surface area contributed by atoms with Gasteiger partial charge in [-0.25, -0.2) is 24.0 Å². The number of nitrogens with two attached hydrogens (primary N) is 2. The summed E-state index contributed by atoms with van der Waals surface area (Å²) in [6, 6.07) is -7.82. The molecule has 106 heavy (non-hydrogen) atoms. The van der Waals surface area contributed by atoms with Gasteiger partial charge in [0.15, 0.2) is 0 Å². The number of carbonyl (C=O) groups excluding carboxylic acids is 10. The smallest absolute Gasteiger partial charge is 0.326 e. The van der Waals surface area contributed by atoms with Gasteiger partial charge in [0.1, 0.15) is 50.0 Å². The second-order valence-corrected chi connectivity index (χ2v) is 24.7. The molecule has 0 aromatic heterocycles. The van der Waals surface area contributed by atoms with Crippen LogP contribution in [0.15, 0.2) is 0 Å². The molecule has 0 radical (unpaired) electrons. The largest absolute Gasteiger partial charge is 0.481 e. The van der Waals surface area contributed by atoms with Gasteiger partial charge in [0.25, 0.3) is 0 Å². The zero-order valence-corrected chi connectivity index (χ0v) is 60.6. The van der Waals surface area contributed by atoms with Gasteiger partial charge in [0.05, 0.1) is 65.5 Å². The summed E-state index contributed by atoms with van der Waals surface area (Å²) in [5, 5.41) is 78.2. The van der Waals surface area contributed by atoms with Gasteiger partial charge in [-0.2, -0.15) is 0 Å². The highest BCUT2D eigenvalue weighted by atomic mass is 16.5. The number of aliphatic carboxylic acids is 6. The SMILES string of the molecule is NC(=O)[C@@H](N)CCCCNC(=O)CC[C@H](NC(=O)COCCOCCNC(=O)CC[C@H](NC(=O)COCCOCCNC(=O)CC[C@H](NC(=O)COCCOCCNC(=O)CC[C@H](NC(=O)CC[C@H](NC(=O)CCCCCCCCCCCCCCCCC(=O)O)C(=O)O)C(=O)O)C(=O)O)C(=O)O)C(=O)O. The minimum Gasteiger partial charge on any atom is -0.481 e. The van der Waals surface area contributed by atoms with Crippen LogP contribution in [-0.4, -0.2) is 267 Å². The third kappa shape index (κ3) is 58.5. The summed E-state index contributed by atoms with van der Waals surface area (Å²) in [7, 11) is 0. The predicted octanol–water partition coefficient (Wildman–Crippen LogP) is -1.39. The maximum atomic E-state index is 12.6. The number of nitrogens with one attached hydrogen (secondary N) is 9. The molecule has 0 heterocycles. The summed E-state index contributed by atoms with van der Waals surface area (Å²) in [5.41, 5.74) is 10.6. The van der Waals surface area contributed by atoms with Gasteiger partial charge in [0, 0.05) is 71.1 Å². The summed E-state index contributed by atoms with van der Waals surface area (Å²) < 4.78 is 31.6. The van der Waals surface area contributed by atoms with Crippen LogP contribution >= 0.6 is 0 Å². The van der Waals surface area contributed by atoms with Gasteiger partial charge in [-0.1, -0.05) is 77.0 Å². The van der Waals surface area contributed by atoms with Crippen molar-refractivity contribution in [3.63, 3.8) is 0 Å². The van der Waals surface area contributed by atoms with E-state index in [9.17, 15) is 102 Å². The Morgan fingerprint density at radius 3 is 0.783 bits per heavy atom. The molecular weight excluding hydrogens is 1410 g/mol. The number of carboxylic acids is 6. The van der Waals surface area contributed by atoms with Crippen molar-refractivity contribution in [3.05, 3.63) is 0 Å². The zero-order chi connectivity index (χ0) is 79.1. The van der Waals surface area contributed by atoms with E-state index >= 15 is 0 Å². The number of amides is 10. The monoisotopic (exact) mass is 1520 g/mol. The summed E-state index contributed by atoms with van der Waals surface area (Å²) in [4.78, 5) is 191. The summed E-state index contributed by atoms with van der Waals surface area (Å²) in [5.74, 6) is -14.0. The van der Waals surface area contributed by atoms with Gasteiger partial charge >= 0.3 is 35.8 Å². The highest BCUT2D eigenvalue weighted by Crippen LogP contribution is 2.15. The first-order valence-electron chi connectivity index (χ1n) is 36.0. The molecule has 0 aliphatic rings. The lowest BCUT2D eigenvalue weighted by atomic mass is 10.0. The molecule has 19 N–H and O–H groups in total. The van der Waals surface area contributed by atoms with Gasteiger partial charge in [-0.3, -0.25) is 52.7 Å². The Labute approximate surface area is 615 Å². The average molecular weight is 1520 g/mol. The van der Waals surface area contributed by atoms with E-state index in [2.05, 4.69) is 47.9 Å². The highest BCUT2D eigenvalue weighted by Gasteiger charge is 2.27. The quantitative estimate of drug-likeness (QED) is 0.0312. The van der Waals surface area contributed by atoms with Crippen molar-refractivity contribution in [2.45, 2.75) is 222 Å². The van der Waals surface area contributed by atoms with E-state index < -0.39 is 157 Å². The Balaban J connectivity index is 4.18. The first kappa shape index (κ1) is 97.2. The fraction of sp³-hybridized carbons (Fsp3) is 0.761. The van der Waals surface area contributed by atoms with E-state index in [0.29, 0.717) is 25.7 Å². The fourth-order valence-corrected chi connectivity index (χ4v) is 9.74. The van der Waals surface area contributed by atoms with Crippen LogP contribution in [0.3, 0.4) is 0 Å². The molecule has 0 rings (SSSR count). The highest BCUT2D eigenvalue weighted by molar-refractivity contribution is 5.88. The molecule has 0 saturated carbocycles. The number of primary amides is 1. The predicted molar refractivity (Wildman–Crippen MR) is 373 cm³/mol. The second-order valence-electron chi connectivity index (χ2n) is 24.7. The number of hydrogen-bond acceptors (Lipinski definition) is 23. The Morgan fingerprint density at radius 1 is 0.255 bits per heavy atom. The maximum absolute atomic E-state index is 12.6. The normalized spacial score (nSPS) is 12.7. The molecule has 0 aliphatic heterocycles. The van der Waals surface area contributed by atoms with Crippen molar-refractivity contribution in [3.8, 4) is 0 Å². The molecule has 39 heteroatoms. The Kier molecular flexibility index (Phi) is 58.3. The molecule has 0 aromatic carbocycles. The third-order valence-corrected chi connectivity index (χ3v) is 15.7. The number of carboxylic acid groups (broad SMARTS) is 6. The first-order valence-corrected chi connectivity index (χ1v) is 36.0. The molecule has 606 valence electrons. The number of ether oxygens (including phenoxy) is 6. The topological polar surface area (TPSA) is 610 Å². The van der Waals surface area contributed by atoms with Crippen molar-refractivity contribution in [1.29, 1.82) is 0 Å². The summed E-state index contributed by atoms with van der Waals surface area (Å²) in [6.45, 7) is -1.63. The summed E-state index contributed by atoms with van der Waals surface area (Å²) in [6.07, 6.45) is 13.1. The molecule has 0 saturated heterocycles. The first-order chi connectivity index (χ1) is 50.6. The third-order valence-electron chi connectivity index (χ3n) is 15.7. The number of hydrogen-bond donors (Lipinski definition) is 17. The van der Waals surface area contributed by atoms with E-state index in [1.165, 1.54) is 12.8 Å². The van der Waals surface area contributed by atoms with E-state index in [1.807, 2.05) is 0 Å². The molecule has 39 nitrogen and oxygen atoms in total. The summed E-state index contributed by atoms with van der Waals surface area (Å²) >= 11 is 0. The van der Waals surface area contributed by atoms with Crippen molar-refractivity contribution in [2.75, 3.05) is 105 Å². The molecule has 0 fully saturated rings. The van der Waals surface area contributed by atoms with Gasteiger partial charge < -0.3 is 118 Å². The number of rotatable bonds is 72. The van der Waals surface area contributed by atoms with Crippen LogP contribution < -0.4 is 59.3 Å². The standard InChI is InChI=1S/C67H115N11O28/c68-46(62(69)90)17-15-16-30-70-52(79)25-21-49(65(95)96)76-58(85)43-104-40-38-102-35-32-72-54(81)27-23-51(67(99)100)78-60(87)45-106-42-39-103-36-33-73-55(82)28-22-50(66(97)98)77-59(86)44-105-41-37-101-34-31-71-53(80)26-20-47(63(91)92)75-57(84)29-24-48(64(93)94)74-56(83)18-13-11-9-7-5-3-1-2-4-6-8-10-12-14-19-61(88)89/h46-51H,1-45,68H2,(H2,69,90)(H,70,79)(H,71,80)(H,72,81)(H,73,82)(H,74,83)(H,75,84)(H,76,85)(H,77,86)(H,78,87)(H,88,89)(H,91,92)(H,93,94)(H,95,96)(H,97,98)(H,99,100)/t46-,47-,48-,49-,50-,51-/m0/s1. The number of carbonyl (C=O) groups is 16. The van der Waals surface area contributed by atoms with Gasteiger partial charge in [0.2, 0.25) is 59.1 Å². The maximum Gasteiger partial charge on any atom is 0.326 e. The van der Waals surface area contributed by atoms with Crippen LogP contribution in [0.2, 0.25) is 0 Å². The molecule has 10 amide bonds. The van der Waals surface area contributed by atoms with E-state index in [1.54, 1.807) is 0 Å². The molecule has 0 unspecified atom stereocenters. The fourth-order valence-electron chi connectivity index (χ4n) is 9.74. The van der Waals surface area contributed by atoms with Crippen LogP contribution in [0.25, 0.3) is 0 Å². The van der Waals surface area contributed by atoms with Gasteiger partial charge in [-0.15, -0.1) is 0 Å². The zero-order valence-electron chi connectivity index (χ0n) is 60.6. The van der Waals surface area contributed by atoms with E-state index in [4.69, 9.17) is 45.0 Å². The average Bonchev–Trinajstić information content (AvgIpc) is 0.927. The lowest BCUT2D eigenvalue weighted by molar-refractivity contribution is -0.143. The van der Waals surface area contributed by atoms with Crippen molar-refractivity contribution in [2.24, 2.45) is 11.5 Å². The molecular formula is C67H115N11O28. The number of unbranched alkanes of at least 4 members (excludes halogenated alkanes) is 14. The van der Waals surface area contributed by atoms with Crippen LogP contribution in [0.4, 0.5) is 0 Å². The lowest BCUT2D eigenvalue weighted by Crippen LogP contribution is -2.44. The second kappa shape index (κ2) is 63.5. The Bertz CT molecular complexity index is 2660. The van der Waals surface area contributed by atoms with Crippen LogP contribution in [0.5, 0.6) is 0 Å². The minimum atomic E-state index is -1.47. The van der Waals surface area contributed by atoms with Crippen molar-refractivity contribution in [1.82, 2.24) is 47.9 Å². The molecule has 0 aromatic rings. The molecule has 6 atom stereocenters. The molecule has 0 aliphatic carbocycles. The van der Waals surface area contributed by atoms with Gasteiger partial charge in [-0.05, 0) is 64.2 Å². The van der Waals surface area contributed by atoms with E-state index in [-0.39, 0.29) is 156 Å². The van der Waals surface area contributed by atoms with Crippen molar-refractivity contribution < 1.29 is 136 Å². The van der Waals surface area contributed by atoms with Crippen LogP contribution in [0.1, 0.15) is 186 Å². The van der Waals surface area contributed by atoms with E-state index in [0.717, 1.165) is 70.6 Å².